The second-order valence-corrected chi connectivity index (χ2v) is 2.18. The van der Waals surface area contributed by atoms with Gasteiger partial charge in [-0.05, 0) is 0 Å². The van der Waals surface area contributed by atoms with E-state index < -0.39 is 0 Å². The maximum absolute atomic E-state index is 10.8. The number of rotatable bonds is 0. The first-order valence-electron chi connectivity index (χ1n) is 3.09. The third-order valence-corrected chi connectivity index (χ3v) is 1.43. The molecule has 0 amide bonds. The highest BCUT2D eigenvalue weighted by molar-refractivity contribution is 5.39. The number of nitrogens with zero attached hydrogens (tertiary/aromatic N) is 2. The number of hydrogen-bond acceptors (Lipinski definition) is 3. The molecule has 0 saturated carbocycles. The van der Waals surface area contributed by atoms with E-state index in [2.05, 4.69) is 9.97 Å². The van der Waals surface area contributed by atoms with Crippen LogP contribution < -0.4 is 11.3 Å². The van der Waals surface area contributed by atoms with Crippen molar-refractivity contribution in [2.24, 2.45) is 0 Å². The molecule has 5 nitrogen and oxygen atoms in total. The second-order valence-electron chi connectivity index (χ2n) is 2.18. The Bertz CT molecular complexity index is 441. The topological polar surface area (TPSA) is 76.2 Å². The Labute approximate surface area is 61.5 Å². The van der Waals surface area contributed by atoms with Crippen molar-refractivity contribution >= 4 is 11.6 Å². The Hall–Kier alpha value is -1.78. The quantitative estimate of drug-likeness (QED) is 0.536. The van der Waals surface area contributed by atoms with E-state index >= 15 is 0 Å². The third kappa shape index (κ3) is 0.778. The number of nitrogens with two attached hydrogens (primary N) is 1. The van der Waals surface area contributed by atoms with Crippen LogP contribution >= 0.6 is 0 Å². The smallest absolute Gasteiger partial charge is 0.254 e. The maximum Gasteiger partial charge on any atom is 0.254 e. The van der Waals surface area contributed by atoms with Crippen LogP contribution in [0.1, 0.15) is 0 Å². The van der Waals surface area contributed by atoms with Gasteiger partial charge in [0.05, 0.1) is 0 Å². The average molecular weight is 150 g/mol. The van der Waals surface area contributed by atoms with Crippen LogP contribution in [-0.2, 0) is 0 Å². The molecule has 3 N–H and O–H groups in total. The zero-order chi connectivity index (χ0) is 7.84. The number of H-pyrrole nitrogens is 1. The summed E-state index contributed by atoms with van der Waals surface area (Å²) in [5, 5.41) is 0. The van der Waals surface area contributed by atoms with E-state index in [1.54, 1.807) is 16.8 Å². The van der Waals surface area contributed by atoms with Crippen molar-refractivity contribution in [2.75, 3.05) is 5.73 Å². The van der Waals surface area contributed by atoms with Gasteiger partial charge in [-0.1, -0.05) is 0 Å². The third-order valence-electron chi connectivity index (χ3n) is 1.43. The molecule has 2 heterocycles. The molecule has 0 bridgehead atoms. The predicted octanol–water partition coefficient (Wildman–Crippen LogP) is -0.395. The molecule has 11 heavy (non-hydrogen) atoms. The molecular weight excluding hydrogens is 144 g/mol. The molecule has 0 radical (unpaired) electrons. The van der Waals surface area contributed by atoms with Crippen molar-refractivity contribution in [1.82, 2.24) is 14.4 Å². The van der Waals surface area contributed by atoms with Crippen molar-refractivity contribution in [3.63, 3.8) is 0 Å². The minimum absolute atomic E-state index is 0.235. The van der Waals surface area contributed by atoms with Crippen molar-refractivity contribution in [1.29, 1.82) is 0 Å². The Kier molecular flexibility index (Phi) is 1.00. The fraction of sp³-hybridized carbons (Fsp3) is 0. The summed E-state index contributed by atoms with van der Waals surface area (Å²) in [6, 6.07) is 1.31. The van der Waals surface area contributed by atoms with Gasteiger partial charge in [0.2, 0.25) is 5.78 Å². The lowest BCUT2D eigenvalue weighted by Crippen LogP contribution is -2.10. The van der Waals surface area contributed by atoms with Gasteiger partial charge in [-0.15, -0.1) is 0 Å². The fourth-order valence-electron chi connectivity index (χ4n) is 0.954. The summed E-state index contributed by atoms with van der Waals surface area (Å²) in [4.78, 5) is 17.2. The Balaban J connectivity index is 3.02. The standard InChI is InChI=1S/C6H6N4O/c7-4-3-5(11)9-6-8-1-2-10(4)6/h1-3H,7H2,(H,8,9,11). The number of hydrogen-bond donors (Lipinski definition) is 2. The summed E-state index contributed by atoms with van der Waals surface area (Å²) in [6.45, 7) is 0. The molecule has 0 aliphatic carbocycles. The van der Waals surface area contributed by atoms with Crippen LogP contribution in [0.3, 0.4) is 0 Å². The highest BCUT2D eigenvalue weighted by Gasteiger charge is 1.97. The minimum Gasteiger partial charge on any atom is -0.385 e. The molecule has 56 valence electrons. The summed E-state index contributed by atoms with van der Waals surface area (Å²) < 4.78 is 1.60. The number of imidazole rings is 1. The van der Waals surface area contributed by atoms with Gasteiger partial charge >= 0.3 is 0 Å². The van der Waals surface area contributed by atoms with E-state index in [0.717, 1.165) is 0 Å². The Morgan fingerprint density at radius 1 is 1.64 bits per heavy atom. The average Bonchev–Trinajstić information content (AvgIpc) is 2.34. The predicted molar refractivity (Wildman–Crippen MR) is 40.2 cm³/mol. The molecular formula is C6H6N4O. The number of anilines is 1. The van der Waals surface area contributed by atoms with Crippen molar-refractivity contribution in [2.45, 2.75) is 0 Å². The van der Waals surface area contributed by atoms with Crippen molar-refractivity contribution < 1.29 is 0 Å². The van der Waals surface area contributed by atoms with Crippen LogP contribution in [-0.4, -0.2) is 14.4 Å². The highest BCUT2D eigenvalue weighted by atomic mass is 16.1. The monoisotopic (exact) mass is 150 g/mol. The molecule has 2 aromatic heterocycles. The van der Waals surface area contributed by atoms with E-state index in [-0.39, 0.29) is 5.56 Å². The maximum atomic E-state index is 10.8. The zero-order valence-electron chi connectivity index (χ0n) is 5.61. The van der Waals surface area contributed by atoms with E-state index in [9.17, 15) is 4.79 Å². The van der Waals surface area contributed by atoms with E-state index in [1.807, 2.05) is 0 Å². The fourth-order valence-corrected chi connectivity index (χ4v) is 0.954. The SMILES string of the molecule is Nc1cc(=O)[nH]c2nccn12. The Morgan fingerprint density at radius 3 is 3.27 bits per heavy atom. The van der Waals surface area contributed by atoms with Crippen molar-refractivity contribution in [3.05, 3.63) is 28.8 Å². The zero-order valence-corrected chi connectivity index (χ0v) is 5.61. The first-order valence-corrected chi connectivity index (χ1v) is 3.09. The second kappa shape index (κ2) is 1.85. The number of nitrogen functional groups attached to an aromatic ring is 1. The number of nitrogens with one attached hydrogen (secondary N) is 1. The van der Waals surface area contributed by atoms with E-state index in [4.69, 9.17) is 5.73 Å². The van der Waals surface area contributed by atoms with Gasteiger partial charge < -0.3 is 5.73 Å². The summed E-state index contributed by atoms with van der Waals surface area (Å²) in [5.74, 6) is 0.858. The van der Waals surface area contributed by atoms with Gasteiger partial charge in [0.15, 0.2) is 0 Å². The van der Waals surface area contributed by atoms with Gasteiger partial charge in [0.1, 0.15) is 5.82 Å². The normalized spacial score (nSPS) is 10.5. The molecule has 0 atom stereocenters. The minimum atomic E-state index is -0.235. The summed E-state index contributed by atoms with van der Waals surface area (Å²) in [6.07, 6.45) is 3.25. The molecule has 0 aliphatic rings. The van der Waals surface area contributed by atoms with Gasteiger partial charge in [0.25, 0.3) is 5.56 Å². The lowest BCUT2D eigenvalue weighted by atomic mass is 10.6. The van der Waals surface area contributed by atoms with E-state index in [0.29, 0.717) is 11.6 Å². The first kappa shape index (κ1) is 5.96. The molecule has 2 rings (SSSR count). The number of fused-ring (bicyclic) bond motifs is 1. The van der Waals surface area contributed by atoms with Crippen LogP contribution in [0.5, 0.6) is 0 Å². The van der Waals surface area contributed by atoms with Crippen LogP contribution in [0.4, 0.5) is 5.82 Å². The molecule has 5 heteroatoms. The molecule has 0 spiro atoms. The summed E-state index contributed by atoms with van der Waals surface area (Å²) >= 11 is 0. The molecule has 0 saturated heterocycles. The largest absolute Gasteiger partial charge is 0.385 e. The molecule has 0 aromatic carbocycles. The number of aromatic nitrogens is 3. The van der Waals surface area contributed by atoms with Crippen LogP contribution in [0, 0.1) is 0 Å². The lowest BCUT2D eigenvalue weighted by Gasteiger charge is -1.95. The molecule has 0 fully saturated rings. The van der Waals surface area contributed by atoms with Gasteiger partial charge in [-0.3, -0.25) is 14.2 Å². The van der Waals surface area contributed by atoms with Gasteiger partial charge in [0, 0.05) is 18.5 Å². The van der Waals surface area contributed by atoms with Crippen LogP contribution in [0.15, 0.2) is 23.3 Å². The Morgan fingerprint density at radius 2 is 2.45 bits per heavy atom. The summed E-state index contributed by atoms with van der Waals surface area (Å²) in [7, 11) is 0. The number of aromatic amines is 1. The molecule has 0 aliphatic heterocycles. The first-order chi connectivity index (χ1) is 5.27. The molecule has 0 unspecified atom stereocenters. The highest BCUT2D eigenvalue weighted by Crippen LogP contribution is 1.99. The summed E-state index contributed by atoms with van der Waals surface area (Å²) in [5.41, 5.74) is 5.27. The van der Waals surface area contributed by atoms with Gasteiger partial charge in [-0.25, -0.2) is 4.98 Å². The molecule has 2 aromatic rings. The van der Waals surface area contributed by atoms with Crippen LogP contribution in [0.2, 0.25) is 0 Å². The van der Waals surface area contributed by atoms with Crippen LogP contribution in [0.25, 0.3) is 5.78 Å². The lowest BCUT2D eigenvalue weighted by molar-refractivity contribution is 1.09. The van der Waals surface area contributed by atoms with Crippen molar-refractivity contribution in [3.8, 4) is 0 Å². The van der Waals surface area contributed by atoms with E-state index in [1.165, 1.54) is 6.07 Å². The van der Waals surface area contributed by atoms with Gasteiger partial charge in [-0.2, -0.15) is 0 Å².